The fourth-order valence-corrected chi connectivity index (χ4v) is 3.97. The highest BCUT2D eigenvalue weighted by atomic mass is 19.4. The molecule has 1 heterocycles. The zero-order chi connectivity index (χ0) is 24.4. The van der Waals surface area contributed by atoms with Crippen LogP contribution in [0, 0.1) is 0 Å². The summed E-state index contributed by atoms with van der Waals surface area (Å²) in [6.45, 7) is 1.77. The second-order valence-corrected chi connectivity index (χ2v) is 8.39. The normalized spacial score (nSPS) is 22.9. The second-order valence-electron chi connectivity index (χ2n) is 8.39. The fraction of sp³-hybridized carbons (Fsp3) is 0.500. The molecule has 0 N–H and O–H groups in total. The van der Waals surface area contributed by atoms with E-state index in [2.05, 4.69) is 0 Å². The molecule has 186 valence electrons. The van der Waals surface area contributed by atoms with E-state index in [4.69, 9.17) is 18.9 Å². The van der Waals surface area contributed by atoms with Crippen LogP contribution in [0.25, 0.3) is 0 Å². The van der Waals surface area contributed by atoms with Crippen LogP contribution < -0.4 is 0 Å². The van der Waals surface area contributed by atoms with E-state index >= 15 is 0 Å². The first-order valence-electron chi connectivity index (χ1n) is 11.5. The highest BCUT2D eigenvalue weighted by Gasteiger charge is 2.53. The zero-order valence-corrected chi connectivity index (χ0v) is 19.2. The molecule has 1 saturated heterocycles. The van der Waals surface area contributed by atoms with Crippen molar-refractivity contribution in [1.82, 2.24) is 0 Å². The highest BCUT2D eigenvalue weighted by molar-refractivity contribution is 5.65. The summed E-state index contributed by atoms with van der Waals surface area (Å²) in [4.78, 5) is 10.9. The average molecular weight is 481 g/mol. The predicted molar refractivity (Wildman–Crippen MR) is 120 cm³/mol. The van der Waals surface area contributed by atoms with Crippen LogP contribution in [0.15, 0.2) is 60.7 Å². The number of esters is 1. The smallest absolute Gasteiger partial charge is 0.417 e. The largest absolute Gasteiger partial charge is 0.466 e. The zero-order valence-electron chi connectivity index (χ0n) is 19.2. The summed E-state index contributed by atoms with van der Waals surface area (Å²) < 4.78 is 64.4. The number of unbranched alkanes of at least 4 members (excludes halogenated alkanes) is 1. The molecule has 0 bridgehead atoms. The number of hydrogen-bond donors (Lipinski definition) is 0. The van der Waals surface area contributed by atoms with Crippen molar-refractivity contribution in [2.75, 3.05) is 6.61 Å². The van der Waals surface area contributed by atoms with E-state index in [-0.39, 0.29) is 32.2 Å². The third kappa shape index (κ3) is 8.42. The molecular formula is C26H31F3O5. The Bertz CT molecular complexity index is 860. The summed E-state index contributed by atoms with van der Waals surface area (Å²) >= 11 is 0. The predicted octanol–water partition coefficient (Wildman–Crippen LogP) is 5.61. The van der Waals surface area contributed by atoms with Gasteiger partial charge in [-0.05, 0) is 30.4 Å². The van der Waals surface area contributed by atoms with Gasteiger partial charge >= 0.3 is 12.1 Å². The molecule has 0 spiro atoms. The topological polar surface area (TPSA) is 54.0 Å². The van der Waals surface area contributed by atoms with E-state index in [1.165, 1.54) is 6.92 Å². The lowest BCUT2D eigenvalue weighted by Gasteiger charge is -2.42. The van der Waals surface area contributed by atoms with Crippen LogP contribution in [0.3, 0.4) is 0 Å². The third-order valence-electron chi connectivity index (χ3n) is 5.64. The summed E-state index contributed by atoms with van der Waals surface area (Å²) in [5.41, 5.74) is 1.65. The minimum absolute atomic E-state index is 0.0275. The summed E-state index contributed by atoms with van der Waals surface area (Å²) in [5, 5.41) is 0. The van der Waals surface area contributed by atoms with E-state index in [1.54, 1.807) is 12.1 Å². The first-order valence-corrected chi connectivity index (χ1v) is 11.5. The fourth-order valence-electron chi connectivity index (χ4n) is 3.97. The van der Waals surface area contributed by atoms with Crippen molar-refractivity contribution in [1.29, 1.82) is 0 Å². The van der Waals surface area contributed by atoms with E-state index in [0.717, 1.165) is 11.1 Å². The van der Waals surface area contributed by atoms with E-state index in [0.29, 0.717) is 19.3 Å². The van der Waals surface area contributed by atoms with Gasteiger partial charge in [-0.2, -0.15) is 13.2 Å². The number of carbonyl (C=O) groups is 1. The Morgan fingerprint density at radius 2 is 1.53 bits per heavy atom. The molecule has 0 saturated carbocycles. The molecule has 0 amide bonds. The number of ether oxygens (including phenoxy) is 4. The maximum Gasteiger partial charge on any atom is 0.417 e. The number of hydrogen-bond acceptors (Lipinski definition) is 5. The number of rotatable bonds is 11. The van der Waals surface area contributed by atoms with Gasteiger partial charge in [0.2, 0.25) is 0 Å². The molecule has 1 aliphatic rings. The van der Waals surface area contributed by atoms with Crippen molar-refractivity contribution in [2.45, 2.75) is 76.4 Å². The number of carbonyl (C=O) groups excluding carboxylic acids is 1. The van der Waals surface area contributed by atoms with Crippen LogP contribution in [-0.2, 0) is 37.0 Å². The van der Waals surface area contributed by atoms with Crippen molar-refractivity contribution < 1.29 is 36.9 Å². The van der Waals surface area contributed by atoms with Gasteiger partial charge in [-0.1, -0.05) is 60.7 Å². The van der Waals surface area contributed by atoms with Crippen LogP contribution in [0.2, 0.25) is 0 Å². The molecule has 3 rings (SSSR count). The molecule has 0 radical (unpaired) electrons. The third-order valence-corrected chi connectivity index (χ3v) is 5.64. The Morgan fingerprint density at radius 1 is 0.941 bits per heavy atom. The Morgan fingerprint density at radius 3 is 2.09 bits per heavy atom. The maximum absolute atomic E-state index is 14.0. The molecule has 2 aromatic carbocycles. The van der Waals surface area contributed by atoms with Gasteiger partial charge in [-0.25, -0.2) is 0 Å². The van der Waals surface area contributed by atoms with Gasteiger partial charge in [0.15, 0.2) is 6.10 Å². The van der Waals surface area contributed by atoms with E-state index in [1.807, 2.05) is 48.5 Å². The maximum atomic E-state index is 14.0. The summed E-state index contributed by atoms with van der Waals surface area (Å²) in [6.07, 6.45) is -7.60. The molecule has 0 aromatic heterocycles. The van der Waals surface area contributed by atoms with E-state index in [9.17, 15) is 18.0 Å². The Hall–Kier alpha value is -2.42. The second kappa shape index (κ2) is 12.9. The molecule has 1 fully saturated rings. The van der Waals surface area contributed by atoms with Gasteiger partial charge in [-0.3, -0.25) is 4.79 Å². The van der Waals surface area contributed by atoms with Crippen LogP contribution in [0.4, 0.5) is 13.2 Å². The molecule has 0 aliphatic carbocycles. The minimum Gasteiger partial charge on any atom is -0.466 e. The molecule has 4 atom stereocenters. The van der Waals surface area contributed by atoms with Crippen molar-refractivity contribution >= 4 is 5.97 Å². The summed E-state index contributed by atoms with van der Waals surface area (Å²) in [7, 11) is 0. The number of halogens is 3. The molecule has 8 heteroatoms. The highest BCUT2D eigenvalue weighted by Crippen LogP contribution is 2.37. The molecule has 4 unspecified atom stereocenters. The lowest BCUT2D eigenvalue weighted by Crippen LogP contribution is -2.56. The van der Waals surface area contributed by atoms with Crippen molar-refractivity contribution in [2.24, 2.45) is 0 Å². The van der Waals surface area contributed by atoms with Gasteiger partial charge in [0.05, 0.1) is 32.0 Å². The Labute approximate surface area is 198 Å². The minimum atomic E-state index is -4.61. The Kier molecular flexibility index (Phi) is 9.92. The quantitative estimate of drug-likeness (QED) is 0.309. The van der Waals surface area contributed by atoms with Crippen molar-refractivity contribution in [3.8, 4) is 0 Å². The van der Waals surface area contributed by atoms with E-state index < -0.39 is 30.6 Å². The van der Waals surface area contributed by atoms with Crippen LogP contribution >= 0.6 is 0 Å². The van der Waals surface area contributed by atoms with Gasteiger partial charge < -0.3 is 18.9 Å². The van der Waals surface area contributed by atoms with Gasteiger partial charge in [0.25, 0.3) is 0 Å². The number of alkyl halides is 3. The SMILES string of the molecule is CC(=O)OCCCCC1CC(OCc2ccccc2)C(OCc2ccccc2)C(C(F)(F)F)O1. The molecule has 1 aliphatic heterocycles. The lowest BCUT2D eigenvalue weighted by atomic mass is 9.94. The lowest BCUT2D eigenvalue weighted by molar-refractivity contribution is -0.304. The summed E-state index contributed by atoms with van der Waals surface area (Å²) in [6, 6.07) is 18.4. The van der Waals surface area contributed by atoms with Crippen LogP contribution in [0.5, 0.6) is 0 Å². The standard InChI is InChI=1S/C26H31F3O5/c1-19(30)31-15-9-8-14-22-16-23(32-17-20-10-4-2-5-11-20)24(25(34-22)26(27,28)29)33-18-21-12-6-3-7-13-21/h2-7,10-13,22-25H,8-9,14-18H2,1H3. The summed E-state index contributed by atoms with van der Waals surface area (Å²) in [5.74, 6) is -0.376. The first-order chi connectivity index (χ1) is 16.3. The van der Waals surface area contributed by atoms with Crippen LogP contribution in [0.1, 0.15) is 43.7 Å². The molecule has 2 aromatic rings. The number of benzene rings is 2. The average Bonchev–Trinajstić information content (AvgIpc) is 2.82. The monoisotopic (exact) mass is 480 g/mol. The van der Waals surface area contributed by atoms with Crippen LogP contribution in [-0.4, -0.2) is 43.2 Å². The Balaban J connectivity index is 1.70. The van der Waals surface area contributed by atoms with Crippen molar-refractivity contribution in [3.05, 3.63) is 71.8 Å². The van der Waals surface area contributed by atoms with Gasteiger partial charge in [-0.15, -0.1) is 0 Å². The van der Waals surface area contributed by atoms with Gasteiger partial charge in [0, 0.05) is 13.3 Å². The molecule has 5 nitrogen and oxygen atoms in total. The van der Waals surface area contributed by atoms with Gasteiger partial charge in [0.1, 0.15) is 6.10 Å². The molecular weight excluding hydrogens is 449 g/mol. The molecule has 34 heavy (non-hydrogen) atoms. The first kappa shape index (κ1) is 26.2. The van der Waals surface area contributed by atoms with Crippen molar-refractivity contribution in [3.63, 3.8) is 0 Å².